The number of hydrogen-bond donors (Lipinski definition) is 3. The molecule has 0 saturated heterocycles. The fraction of sp³-hybridized carbons (Fsp3) is 0.300. The Morgan fingerprint density at radius 2 is 2.21 bits per heavy atom. The van der Waals surface area contributed by atoms with E-state index in [2.05, 4.69) is 10.6 Å². The van der Waals surface area contributed by atoms with Gasteiger partial charge in [-0.3, -0.25) is 4.79 Å². The SMILES string of the molecule is CCNC(=O)c1ccc(N)c(NC)c1. The molecule has 0 spiro atoms. The van der Waals surface area contributed by atoms with Crippen molar-refractivity contribution in [3.63, 3.8) is 0 Å². The van der Waals surface area contributed by atoms with Gasteiger partial charge in [0.15, 0.2) is 0 Å². The highest BCUT2D eigenvalue weighted by molar-refractivity contribution is 5.96. The van der Waals surface area contributed by atoms with E-state index in [1.54, 1.807) is 25.2 Å². The highest BCUT2D eigenvalue weighted by Gasteiger charge is 2.05. The number of benzene rings is 1. The van der Waals surface area contributed by atoms with Crippen molar-refractivity contribution in [3.05, 3.63) is 23.8 Å². The smallest absolute Gasteiger partial charge is 0.251 e. The molecule has 0 atom stereocenters. The predicted molar refractivity (Wildman–Crippen MR) is 58.4 cm³/mol. The molecule has 0 radical (unpaired) electrons. The van der Waals surface area contributed by atoms with Gasteiger partial charge in [-0.1, -0.05) is 0 Å². The number of carbonyl (C=O) groups is 1. The Kier molecular flexibility index (Phi) is 3.34. The van der Waals surface area contributed by atoms with Crippen molar-refractivity contribution in [2.45, 2.75) is 6.92 Å². The van der Waals surface area contributed by atoms with E-state index < -0.39 is 0 Å². The van der Waals surface area contributed by atoms with Crippen LogP contribution in [0.15, 0.2) is 18.2 Å². The molecule has 0 heterocycles. The molecule has 1 aromatic carbocycles. The molecule has 0 unspecified atom stereocenters. The second-order valence-electron chi connectivity index (χ2n) is 2.91. The summed E-state index contributed by atoms with van der Waals surface area (Å²) >= 11 is 0. The van der Waals surface area contributed by atoms with Crippen molar-refractivity contribution < 1.29 is 4.79 Å². The minimum absolute atomic E-state index is 0.0796. The summed E-state index contributed by atoms with van der Waals surface area (Å²) in [5.41, 5.74) is 7.71. The topological polar surface area (TPSA) is 67.2 Å². The number of nitrogen functional groups attached to an aromatic ring is 1. The summed E-state index contributed by atoms with van der Waals surface area (Å²) in [7, 11) is 1.77. The van der Waals surface area contributed by atoms with E-state index in [-0.39, 0.29) is 5.91 Å². The van der Waals surface area contributed by atoms with Crippen LogP contribution in [0.2, 0.25) is 0 Å². The standard InChI is InChI=1S/C10H15N3O/c1-3-13-10(14)7-4-5-8(11)9(6-7)12-2/h4-6,12H,3,11H2,1-2H3,(H,13,14). The summed E-state index contributed by atoms with van der Waals surface area (Å²) in [6, 6.07) is 5.16. The molecule has 0 aromatic heterocycles. The molecule has 76 valence electrons. The molecule has 1 aromatic rings. The van der Waals surface area contributed by atoms with Crippen LogP contribution in [-0.4, -0.2) is 19.5 Å². The Morgan fingerprint density at radius 1 is 1.50 bits per heavy atom. The largest absolute Gasteiger partial charge is 0.397 e. The average Bonchev–Trinajstić information content (AvgIpc) is 2.19. The molecule has 0 aliphatic rings. The van der Waals surface area contributed by atoms with Gasteiger partial charge in [-0.2, -0.15) is 0 Å². The van der Waals surface area contributed by atoms with E-state index in [1.165, 1.54) is 0 Å². The summed E-state index contributed by atoms with van der Waals surface area (Å²) in [6.45, 7) is 2.51. The van der Waals surface area contributed by atoms with Gasteiger partial charge in [-0.25, -0.2) is 0 Å². The fourth-order valence-electron chi connectivity index (χ4n) is 1.18. The maximum absolute atomic E-state index is 11.4. The number of rotatable bonds is 3. The van der Waals surface area contributed by atoms with Gasteiger partial charge in [-0.15, -0.1) is 0 Å². The van der Waals surface area contributed by atoms with Crippen LogP contribution >= 0.6 is 0 Å². The second kappa shape index (κ2) is 4.50. The molecule has 0 saturated carbocycles. The van der Waals surface area contributed by atoms with Crippen LogP contribution in [-0.2, 0) is 0 Å². The Morgan fingerprint density at radius 3 is 2.79 bits per heavy atom. The van der Waals surface area contributed by atoms with Crippen molar-refractivity contribution in [3.8, 4) is 0 Å². The summed E-state index contributed by atoms with van der Waals surface area (Å²) in [6.07, 6.45) is 0. The van der Waals surface area contributed by atoms with Gasteiger partial charge >= 0.3 is 0 Å². The van der Waals surface area contributed by atoms with E-state index in [1.807, 2.05) is 6.92 Å². The highest BCUT2D eigenvalue weighted by Crippen LogP contribution is 2.18. The molecule has 0 fully saturated rings. The van der Waals surface area contributed by atoms with Gasteiger partial charge in [0.1, 0.15) is 0 Å². The maximum Gasteiger partial charge on any atom is 0.251 e. The van der Waals surface area contributed by atoms with Crippen molar-refractivity contribution in [2.24, 2.45) is 0 Å². The van der Waals surface area contributed by atoms with E-state index in [0.717, 1.165) is 5.69 Å². The van der Waals surface area contributed by atoms with E-state index in [0.29, 0.717) is 17.8 Å². The Labute approximate surface area is 83.5 Å². The van der Waals surface area contributed by atoms with Crippen LogP contribution in [0, 0.1) is 0 Å². The lowest BCUT2D eigenvalue weighted by atomic mass is 10.1. The zero-order chi connectivity index (χ0) is 10.6. The Balaban J connectivity index is 2.94. The quantitative estimate of drug-likeness (QED) is 0.629. The molecule has 1 rings (SSSR count). The zero-order valence-electron chi connectivity index (χ0n) is 8.42. The first-order chi connectivity index (χ1) is 6.69. The molecule has 14 heavy (non-hydrogen) atoms. The maximum atomic E-state index is 11.4. The predicted octanol–water partition coefficient (Wildman–Crippen LogP) is 1.06. The van der Waals surface area contributed by atoms with Crippen LogP contribution in [0.5, 0.6) is 0 Å². The van der Waals surface area contributed by atoms with Crippen molar-refractivity contribution in [1.29, 1.82) is 0 Å². The van der Waals surface area contributed by atoms with Crippen LogP contribution in [0.1, 0.15) is 17.3 Å². The molecule has 4 nitrogen and oxygen atoms in total. The second-order valence-corrected chi connectivity index (χ2v) is 2.91. The van der Waals surface area contributed by atoms with E-state index >= 15 is 0 Å². The monoisotopic (exact) mass is 193 g/mol. The van der Waals surface area contributed by atoms with Gasteiger partial charge in [0.05, 0.1) is 11.4 Å². The first-order valence-corrected chi connectivity index (χ1v) is 4.54. The molecule has 4 heteroatoms. The molecule has 4 N–H and O–H groups in total. The van der Waals surface area contributed by atoms with Gasteiger partial charge in [0, 0.05) is 19.2 Å². The third kappa shape index (κ3) is 2.16. The molecule has 0 bridgehead atoms. The number of nitrogens with two attached hydrogens (primary N) is 1. The summed E-state index contributed by atoms with van der Waals surface area (Å²) in [5.74, 6) is -0.0796. The molecule has 0 aliphatic carbocycles. The highest BCUT2D eigenvalue weighted by atomic mass is 16.1. The van der Waals surface area contributed by atoms with E-state index in [4.69, 9.17) is 5.73 Å². The van der Waals surface area contributed by atoms with Gasteiger partial charge in [0.2, 0.25) is 0 Å². The molecular weight excluding hydrogens is 178 g/mol. The summed E-state index contributed by atoms with van der Waals surface area (Å²) in [5, 5.41) is 5.65. The van der Waals surface area contributed by atoms with E-state index in [9.17, 15) is 4.79 Å². The number of hydrogen-bond acceptors (Lipinski definition) is 3. The van der Waals surface area contributed by atoms with Crippen molar-refractivity contribution in [2.75, 3.05) is 24.6 Å². The van der Waals surface area contributed by atoms with Gasteiger partial charge in [-0.05, 0) is 25.1 Å². The van der Waals surface area contributed by atoms with Crippen LogP contribution in [0.3, 0.4) is 0 Å². The first kappa shape index (κ1) is 10.4. The number of nitrogens with one attached hydrogen (secondary N) is 2. The molecule has 0 aliphatic heterocycles. The minimum Gasteiger partial charge on any atom is -0.397 e. The fourth-order valence-corrected chi connectivity index (χ4v) is 1.18. The van der Waals surface area contributed by atoms with Crippen molar-refractivity contribution >= 4 is 17.3 Å². The molecule has 1 amide bonds. The molecular formula is C10H15N3O. The van der Waals surface area contributed by atoms with Gasteiger partial charge < -0.3 is 16.4 Å². The zero-order valence-corrected chi connectivity index (χ0v) is 8.42. The Hall–Kier alpha value is -1.71. The average molecular weight is 193 g/mol. The first-order valence-electron chi connectivity index (χ1n) is 4.54. The summed E-state index contributed by atoms with van der Waals surface area (Å²) < 4.78 is 0. The van der Waals surface area contributed by atoms with Crippen LogP contribution < -0.4 is 16.4 Å². The third-order valence-electron chi connectivity index (χ3n) is 1.92. The van der Waals surface area contributed by atoms with Gasteiger partial charge in [0.25, 0.3) is 5.91 Å². The van der Waals surface area contributed by atoms with Crippen molar-refractivity contribution in [1.82, 2.24) is 5.32 Å². The Bertz CT molecular complexity index is 336. The summed E-state index contributed by atoms with van der Waals surface area (Å²) in [4.78, 5) is 11.4. The third-order valence-corrected chi connectivity index (χ3v) is 1.92. The number of anilines is 2. The minimum atomic E-state index is -0.0796. The lowest BCUT2D eigenvalue weighted by molar-refractivity contribution is 0.0956. The van der Waals surface area contributed by atoms with Crippen LogP contribution in [0.4, 0.5) is 11.4 Å². The normalized spacial score (nSPS) is 9.57. The number of carbonyl (C=O) groups excluding carboxylic acids is 1. The lowest BCUT2D eigenvalue weighted by Crippen LogP contribution is -2.22. The number of amides is 1. The van der Waals surface area contributed by atoms with Crippen LogP contribution in [0.25, 0.3) is 0 Å². The lowest BCUT2D eigenvalue weighted by Gasteiger charge is -2.07.